The molecule has 2 amide bonds. The molecule has 3 rings (SSSR count). The van der Waals surface area contributed by atoms with E-state index in [-0.39, 0.29) is 17.7 Å². The van der Waals surface area contributed by atoms with Crippen molar-refractivity contribution in [1.29, 1.82) is 0 Å². The van der Waals surface area contributed by atoms with Gasteiger partial charge in [-0.2, -0.15) is 0 Å². The summed E-state index contributed by atoms with van der Waals surface area (Å²) in [5, 5.41) is 3.23. The van der Waals surface area contributed by atoms with Crippen LogP contribution >= 0.6 is 0 Å². The second-order valence-corrected chi connectivity index (χ2v) is 8.46. The van der Waals surface area contributed by atoms with E-state index in [2.05, 4.69) is 49.2 Å². The molecule has 1 saturated heterocycles. The third-order valence-electron chi connectivity index (χ3n) is 6.83. The Morgan fingerprint density at radius 2 is 1.45 bits per heavy atom. The van der Waals surface area contributed by atoms with E-state index in [4.69, 9.17) is 0 Å². The molecule has 1 aliphatic carbocycles. The highest BCUT2D eigenvalue weighted by Gasteiger charge is 2.33. The van der Waals surface area contributed by atoms with Crippen LogP contribution in [0.2, 0.25) is 0 Å². The van der Waals surface area contributed by atoms with Crippen LogP contribution < -0.4 is 5.32 Å². The number of nitrogens with zero attached hydrogens (tertiary/aromatic N) is 2. The summed E-state index contributed by atoms with van der Waals surface area (Å²) in [6.45, 7) is 11.1. The lowest BCUT2D eigenvalue weighted by molar-refractivity contribution is -0.139. The van der Waals surface area contributed by atoms with Crippen molar-refractivity contribution in [3.05, 3.63) is 29.3 Å². The van der Waals surface area contributed by atoms with E-state index in [1.807, 2.05) is 4.90 Å². The molecular formula is C24H37N3O2. The lowest BCUT2D eigenvalue weighted by Gasteiger charge is -2.37. The summed E-state index contributed by atoms with van der Waals surface area (Å²) < 4.78 is 0. The number of nitrogens with one attached hydrogen (secondary N) is 1. The molecule has 1 N–H and O–H groups in total. The lowest BCUT2D eigenvalue weighted by Crippen LogP contribution is -2.50. The Labute approximate surface area is 175 Å². The fourth-order valence-corrected chi connectivity index (χ4v) is 4.77. The van der Waals surface area contributed by atoms with Crippen molar-refractivity contribution in [2.24, 2.45) is 11.8 Å². The van der Waals surface area contributed by atoms with Gasteiger partial charge in [-0.1, -0.05) is 39.0 Å². The molecule has 0 radical (unpaired) electrons. The van der Waals surface area contributed by atoms with Crippen LogP contribution in [-0.2, 0) is 22.4 Å². The topological polar surface area (TPSA) is 52.7 Å². The van der Waals surface area contributed by atoms with Gasteiger partial charge in [0.2, 0.25) is 11.8 Å². The molecule has 2 fully saturated rings. The molecule has 1 aromatic rings. The Kier molecular flexibility index (Phi) is 7.70. The number of hydrogen-bond acceptors (Lipinski definition) is 3. The number of rotatable bonds is 6. The zero-order valence-electron chi connectivity index (χ0n) is 18.4. The number of likely N-dealkylation sites (N-methyl/N-ethyl adjacent to an activating group) is 1. The van der Waals surface area contributed by atoms with E-state index < -0.39 is 0 Å². The molecular weight excluding hydrogens is 362 g/mol. The molecule has 1 aliphatic heterocycles. The summed E-state index contributed by atoms with van der Waals surface area (Å²) in [5.74, 6) is 0.555. The van der Waals surface area contributed by atoms with Crippen molar-refractivity contribution in [1.82, 2.24) is 9.80 Å². The molecule has 5 heteroatoms. The number of carbonyl (C=O) groups excluding carboxylic acids is 2. The quantitative estimate of drug-likeness (QED) is 0.793. The number of anilines is 1. The number of amides is 2. The first-order chi connectivity index (χ1) is 14.1. The molecule has 0 atom stereocenters. The number of hydrogen-bond donors (Lipinski definition) is 1. The standard InChI is InChI=1S/C24H37N3O2/c1-4-18-8-7-9-19(5-2)22(18)25-23(28)20-10-12-21(13-11-20)24(29)27-16-14-26(6-3)15-17-27/h7-9,20-21H,4-6,10-17H2,1-3H3,(H,25,28). The van der Waals surface area contributed by atoms with Gasteiger partial charge in [0.1, 0.15) is 0 Å². The van der Waals surface area contributed by atoms with Crippen molar-refractivity contribution in [2.75, 3.05) is 38.0 Å². The van der Waals surface area contributed by atoms with Crippen molar-refractivity contribution in [3.63, 3.8) is 0 Å². The second-order valence-electron chi connectivity index (χ2n) is 8.46. The van der Waals surface area contributed by atoms with E-state index in [1.165, 1.54) is 11.1 Å². The first kappa shape index (κ1) is 21.8. The molecule has 2 aliphatic rings. The summed E-state index contributed by atoms with van der Waals surface area (Å²) in [6.07, 6.45) is 5.12. The fourth-order valence-electron chi connectivity index (χ4n) is 4.77. The minimum absolute atomic E-state index is 0.0191. The molecule has 1 aromatic carbocycles. The van der Waals surface area contributed by atoms with Crippen molar-refractivity contribution in [3.8, 4) is 0 Å². The van der Waals surface area contributed by atoms with Crippen LogP contribution in [0.5, 0.6) is 0 Å². The Bertz CT molecular complexity index is 680. The van der Waals surface area contributed by atoms with Crippen molar-refractivity contribution < 1.29 is 9.59 Å². The number of carbonyl (C=O) groups is 2. The van der Waals surface area contributed by atoms with Gasteiger partial charge >= 0.3 is 0 Å². The van der Waals surface area contributed by atoms with Gasteiger partial charge in [0.05, 0.1) is 0 Å². The van der Waals surface area contributed by atoms with Crippen LogP contribution in [0.1, 0.15) is 57.6 Å². The minimum atomic E-state index is 0.0191. The monoisotopic (exact) mass is 399 g/mol. The maximum Gasteiger partial charge on any atom is 0.227 e. The summed E-state index contributed by atoms with van der Waals surface area (Å²) in [4.78, 5) is 30.3. The van der Waals surface area contributed by atoms with Gasteiger partial charge in [0, 0.05) is 43.7 Å². The van der Waals surface area contributed by atoms with Crippen LogP contribution in [-0.4, -0.2) is 54.3 Å². The Balaban J connectivity index is 1.53. The van der Waals surface area contributed by atoms with Gasteiger partial charge in [0.25, 0.3) is 0 Å². The number of aryl methyl sites for hydroxylation is 2. The summed E-state index contributed by atoms with van der Waals surface area (Å²) >= 11 is 0. The highest BCUT2D eigenvalue weighted by Crippen LogP contribution is 2.32. The van der Waals surface area contributed by atoms with Gasteiger partial charge in [-0.15, -0.1) is 0 Å². The Morgan fingerprint density at radius 3 is 1.97 bits per heavy atom. The maximum absolute atomic E-state index is 12.9. The van der Waals surface area contributed by atoms with Crippen molar-refractivity contribution >= 4 is 17.5 Å². The number of benzene rings is 1. The normalized spacial score (nSPS) is 23.1. The first-order valence-corrected chi connectivity index (χ1v) is 11.5. The van der Waals surface area contributed by atoms with E-state index in [9.17, 15) is 9.59 Å². The smallest absolute Gasteiger partial charge is 0.227 e. The Morgan fingerprint density at radius 1 is 0.897 bits per heavy atom. The molecule has 5 nitrogen and oxygen atoms in total. The highest BCUT2D eigenvalue weighted by atomic mass is 16.2. The maximum atomic E-state index is 12.9. The highest BCUT2D eigenvalue weighted by molar-refractivity contribution is 5.94. The summed E-state index contributed by atoms with van der Waals surface area (Å²) in [6, 6.07) is 6.27. The molecule has 0 aromatic heterocycles. The third kappa shape index (κ3) is 5.19. The van der Waals surface area contributed by atoms with Gasteiger partial charge in [-0.3, -0.25) is 9.59 Å². The summed E-state index contributed by atoms with van der Waals surface area (Å²) in [5.41, 5.74) is 3.41. The minimum Gasteiger partial charge on any atom is -0.340 e. The van der Waals surface area contributed by atoms with Crippen LogP contribution in [0.25, 0.3) is 0 Å². The molecule has 0 bridgehead atoms. The van der Waals surface area contributed by atoms with Gasteiger partial charge < -0.3 is 15.1 Å². The first-order valence-electron chi connectivity index (χ1n) is 11.5. The van der Waals surface area contributed by atoms with E-state index >= 15 is 0 Å². The van der Waals surface area contributed by atoms with E-state index in [0.717, 1.165) is 76.9 Å². The predicted molar refractivity (Wildman–Crippen MR) is 118 cm³/mol. The van der Waals surface area contributed by atoms with Gasteiger partial charge in [-0.25, -0.2) is 0 Å². The Hall–Kier alpha value is -1.88. The molecule has 0 unspecified atom stereocenters. The SMILES string of the molecule is CCc1cccc(CC)c1NC(=O)C1CCC(C(=O)N2CCN(CC)CC2)CC1. The average molecular weight is 400 g/mol. The van der Waals surface area contributed by atoms with E-state index in [0.29, 0.717) is 5.91 Å². The van der Waals surface area contributed by atoms with Crippen LogP contribution in [0.15, 0.2) is 18.2 Å². The zero-order valence-corrected chi connectivity index (χ0v) is 18.4. The molecule has 0 spiro atoms. The zero-order chi connectivity index (χ0) is 20.8. The van der Waals surface area contributed by atoms with Gasteiger partial charge in [-0.05, 0) is 56.2 Å². The van der Waals surface area contributed by atoms with E-state index in [1.54, 1.807) is 0 Å². The molecule has 160 valence electrons. The third-order valence-corrected chi connectivity index (χ3v) is 6.83. The molecule has 1 heterocycles. The summed E-state index contributed by atoms with van der Waals surface area (Å²) in [7, 11) is 0. The molecule has 1 saturated carbocycles. The fraction of sp³-hybridized carbons (Fsp3) is 0.667. The molecule has 29 heavy (non-hydrogen) atoms. The number of para-hydroxylation sites is 1. The second kappa shape index (κ2) is 10.2. The predicted octanol–water partition coefficient (Wildman–Crippen LogP) is 3.72. The van der Waals surface area contributed by atoms with Crippen LogP contribution in [0.4, 0.5) is 5.69 Å². The van der Waals surface area contributed by atoms with Gasteiger partial charge in [0.15, 0.2) is 0 Å². The average Bonchev–Trinajstić information content (AvgIpc) is 2.78. The largest absolute Gasteiger partial charge is 0.340 e. The number of piperazine rings is 1. The lowest BCUT2D eigenvalue weighted by atomic mass is 9.80. The van der Waals surface area contributed by atoms with Crippen LogP contribution in [0.3, 0.4) is 0 Å². The van der Waals surface area contributed by atoms with Crippen molar-refractivity contribution in [2.45, 2.75) is 59.3 Å². The van der Waals surface area contributed by atoms with Crippen LogP contribution in [0, 0.1) is 11.8 Å².